The number of nitrogens with one attached hydrogen (secondary N) is 2. The number of benzene rings is 2. The van der Waals surface area contributed by atoms with Crippen LogP contribution in [0.3, 0.4) is 0 Å². The van der Waals surface area contributed by atoms with Crippen LogP contribution < -0.4 is 15.4 Å². The highest BCUT2D eigenvalue weighted by atomic mass is 16.6. The minimum absolute atomic E-state index is 0.0809. The molecule has 0 saturated carbocycles. The van der Waals surface area contributed by atoms with Gasteiger partial charge in [-0.25, -0.2) is 4.79 Å². The molecule has 3 rings (SSSR count). The largest absolute Gasteiger partial charge is 0.489 e. The van der Waals surface area contributed by atoms with Gasteiger partial charge in [0.1, 0.15) is 18.3 Å². The van der Waals surface area contributed by atoms with Gasteiger partial charge in [-0.15, -0.1) is 0 Å². The topological polar surface area (TPSA) is 120 Å². The molecule has 9 heteroatoms. The van der Waals surface area contributed by atoms with E-state index in [0.717, 1.165) is 18.4 Å². The van der Waals surface area contributed by atoms with Crippen molar-refractivity contribution in [3.63, 3.8) is 0 Å². The molecule has 1 unspecified atom stereocenters. The quantitative estimate of drug-likeness (QED) is 0.187. The zero-order chi connectivity index (χ0) is 26.8. The molecule has 2 N–H and O–H groups in total. The van der Waals surface area contributed by atoms with E-state index in [4.69, 9.17) is 9.47 Å². The molecule has 0 saturated heterocycles. The maximum absolute atomic E-state index is 13.3. The highest BCUT2D eigenvalue weighted by molar-refractivity contribution is 5.92. The number of dihydropyridines is 1. The number of hydrogen-bond donors (Lipinski definition) is 2. The van der Waals surface area contributed by atoms with Gasteiger partial charge in [0.15, 0.2) is 0 Å². The van der Waals surface area contributed by atoms with Crippen LogP contribution in [-0.2, 0) is 20.9 Å². The summed E-state index contributed by atoms with van der Waals surface area (Å²) in [6.45, 7) is 5.82. The molecule has 9 nitrogen and oxygen atoms in total. The monoisotopic (exact) mass is 507 g/mol. The molecule has 0 bridgehead atoms. The first-order chi connectivity index (χ1) is 17.8. The van der Waals surface area contributed by atoms with Gasteiger partial charge in [0.25, 0.3) is 5.70 Å². The number of ether oxygens (including phenoxy) is 2. The molecule has 2 aromatic carbocycles. The highest BCUT2D eigenvalue weighted by Crippen LogP contribution is 2.42. The van der Waals surface area contributed by atoms with Crippen LogP contribution in [0.1, 0.15) is 57.1 Å². The molecule has 1 atom stereocenters. The lowest BCUT2D eigenvalue weighted by atomic mass is 9.83. The number of carbonyl (C=O) groups is 2. The van der Waals surface area contributed by atoms with Crippen LogP contribution in [0.4, 0.5) is 0 Å². The summed E-state index contributed by atoms with van der Waals surface area (Å²) in [7, 11) is 0. The highest BCUT2D eigenvalue weighted by Gasteiger charge is 2.42. The zero-order valence-electron chi connectivity index (χ0n) is 21.4. The molecule has 0 spiro atoms. The van der Waals surface area contributed by atoms with Crippen molar-refractivity contribution < 1.29 is 24.0 Å². The Morgan fingerprint density at radius 2 is 1.70 bits per heavy atom. The summed E-state index contributed by atoms with van der Waals surface area (Å²) in [6, 6.07) is 16.7. The molecule has 196 valence electrons. The number of rotatable bonds is 12. The summed E-state index contributed by atoms with van der Waals surface area (Å²) in [4.78, 5) is 36.0. The van der Waals surface area contributed by atoms with Crippen LogP contribution >= 0.6 is 0 Å². The van der Waals surface area contributed by atoms with Gasteiger partial charge >= 0.3 is 5.97 Å². The van der Waals surface area contributed by atoms with Crippen molar-refractivity contribution in [2.45, 2.75) is 52.6 Å². The first-order valence-electron chi connectivity index (χ1n) is 12.3. The molecule has 0 aliphatic carbocycles. The van der Waals surface area contributed by atoms with E-state index in [0.29, 0.717) is 35.7 Å². The Morgan fingerprint density at radius 3 is 2.41 bits per heavy atom. The van der Waals surface area contributed by atoms with Crippen LogP contribution in [0.2, 0.25) is 0 Å². The Hall–Kier alpha value is -4.14. The van der Waals surface area contributed by atoms with Crippen LogP contribution in [0.15, 0.2) is 77.3 Å². The molecular weight excluding hydrogens is 474 g/mol. The van der Waals surface area contributed by atoms with Gasteiger partial charge in [0, 0.05) is 24.7 Å². The van der Waals surface area contributed by atoms with Crippen LogP contribution in [0.25, 0.3) is 0 Å². The normalized spacial score (nSPS) is 15.2. The molecule has 0 fully saturated rings. The smallest absolute Gasteiger partial charge is 0.336 e. The van der Waals surface area contributed by atoms with Crippen molar-refractivity contribution in [2.75, 3.05) is 13.2 Å². The van der Waals surface area contributed by atoms with E-state index in [1.807, 2.05) is 30.3 Å². The third-order valence-electron chi connectivity index (χ3n) is 6.04. The summed E-state index contributed by atoms with van der Waals surface area (Å²) in [6.07, 6.45) is 2.15. The van der Waals surface area contributed by atoms with Crippen LogP contribution in [0.5, 0.6) is 5.75 Å². The maximum atomic E-state index is 13.3. The van der Waals surface area contributed by atoms with Crippen molar-refractivity contribution in [3.8, 4) is 5.75 Å². The summed E-state index contributed by atoms with van der Waals surface area (Å²) < 4.78 is 11.6. The second kappa shape index (κ2) is 13.2. The Kier molecular flexibility index (Phi) is 9.83. The predicted molar refractivity (Wildman–Crippen MR) is 139 cm³/mol. The molecule has 0 aromatic heterocycles. The minimum Gasteiger partial charge on any atom is -0.489 e. The van der Waals surface area contributed by atoms with E-state index < -0.39 is 16.8 Å². The van der Waals surface area contributed by atoms with E-state index in [-0.39, 0.29) is 30.4 Å². The molecule has 1 heterocycles. The van der Waals surface area contributed by atoms with Crippen LogP contribution in [0, 0.1) is 10.1 Å². The summed E-state index contributed by atoms with van der Waals surface area (Å²) in [5.74, 6) is -1.19. The summed E-state index contributed by atoms with van der Waals surface area (Å²) in [5.41, 5.74) is 2.40. The van der Waals surface area contributed by atoms with Gasteiger partial charge in [0.2, 0.25) is 5.91 Å². The minimum atomic E-state index is -0.963. The van der Waals surface area contributed by atoms with Gasteiger partial charge in [-0.1, -0.05) is 48.5 Å². The van der Waals surface area contributed by atoms with E-state index >= 15 is 0 Å². The first-order valence-corrected chi connectivity index (χ1v) is 12.3. The number of carbonyl (C=O) groups excluding carboxylic acids is 2. The first kappa shape index (κ1) is 27.4. The third-order valence-corrected chi connectivity index (χ3v) is 6.04. The van der Waals surface area contributed by atoms with E-state index in [9.17, 15) is 19.7 Å². The Bertz CT molecular complexity index is 1190. The molecule has 1 aliphatic heterocycles. The number of para-hydroxylation sites is 1. The van der Waals surface area contributed by atoms with Crippen molar-refractivity contribution in [1.82, 2.24) is 10.6 Å². The van der Waals surface area contributed by atoms with E-state index in [1.54, 1.807) is 38.1 Å². The van der Waals surface area contributed by atoms with Gasteiger partial charge < -0.3 is 20.1 Å². The number of allylic oxidation sites excluding steroid dienone is 3. The number of nitro groups is 1. The fourth-order valence-electron chi connectivity index (χ4n) is 4.30. The molecule has 0 radical (unpaired) electrons. The fourth-order valence-corrected chi connectivity index (χ4v) is 4.30. The number of unbranched alkanes of at least 4 members (excludes halogenated alkanes) is 2. The lowest BCUT2D eigenvalue weighted by molar-refractivity contribution is -0.431. The summed E-state index contributed by atoms with van der Waals surface area (Å²) >= 11 is 0. The average Bonchev–Trinajstić information content (AvgIpc) is 2.86. The summed E-state index contributed by atoms with van der Waals surface area (Å²) in [5, 5.41) is 17.9. The average molecular weight is 508 g/mol. The fraction of sp³-hybridized carbons (Fsp3) is 0.357. The number of esters is 1. The van der Waals surface area contributed by atoms with Crippen molar-refractivity contribution >= 4 is 11.9 Å². The Morgan fingerprint density at radius 1 is 1.00 bits per heavy atom. The Labute approximate surface area is 216 Å². The molecular formula is C28H33N3O6. The second-order valence-electron chi connectivity index (χ2n) is 8.86. The standard InChI is InChI=1S/C28H33N3O6/c1-19-25(28(33)36-17-11-5-10-16-29-21(3)32)26(27(31(34)35)20(2)30-19)23-14-8-9-15-24(23)37-18-22-12-6-4-7-13-22/h4,6-9,12-15,26,30H,5,10-11,16-18H2,1-3H3,(H,29,32). The number of hydrogen-bond acceptors (Lipinski definition) is 7. The van der Waals surface area contributed by atoms with Gasteiger partial charge in [0.05, 0.1) is 22.8 Å². The zero-order valence-corrected chi connectivity index (χ0v) is 21.4. The number of nitrogens with zero attached hydrogens (tertiary/aromatic N) is 1. The van der Waals surface area contributed by atoms with Crippen molar-refractivity contribution in [2.24, 2.45) is 0 Å². The van der Waals surface area contributed by atoms with Crippen molar-refractivity contribution in [3.05, 3.63) is 98.5 Å². The second-order valence-corrected chi connectivity index (χ2v) is 8.86. The maximum Gasteiger partial charge on any atom is 0.336 e. The van der Waals surface area contributed by atoms with Gasteiger partial charge in [-0.2, -0.15) is 0 Å². The van der Waals surface area contributed by atoms with E-state index in [1.165, 1.54) is 6.92 Å². The lowest BCUT2D eigenvalue weighted by Crippen LogP contribution is -2.32. The SMILES string of the molecule is CC(=O)NCCCCCOC(=O)C1=C(C)NC(C)=C([N+](=O)[O-])C1c1ccccc1OCc1ccccc1. The molecule has 1 aliphatic rings. The van der Waals surface area contributed by atoms with Gasteiger partial charge in [-0.05, 0) is 44.7 Å². The molecule has 1 amide bonds. The van der Waals surface area contributed by atoms with Gasteiger partial charge in [-0.3, -0.25) is 14.9 Å². The third kappa shape index (κ3) is 7.42. The van der Waals surface area contributed by atoms with Crippen LogP contribution in [-0.4, -0.2) is 30.0 Å². The Balaban J connectivity index is 1.82. The number of amides is 1. The van der Waals surface area contributed by atoms with Crippen molar-refractivity contribution in [1.29, 1.82) is 0 Å². The molecule has 2 aromatic rings. The van der Waals surface area contributed by atoms with E-state index in [2.05, 4.69) is 10.6 Å². The lowest BCUT2D eigenvalue weighted by Gasteiger charge is -2.27. The molecule has 37 heavy (non-hydrogen) atoms. The predicted octanol–water partition coefficient (Wildman–Crippen LogP) is 4.58.